The van der Waals surface area contributed by atoms with Crippen molar-refractivity contribution in [2.45, 2.75) is 6.54 Å². The van der Waals surface area contributed by atoms with Gasteiger partial charge in [-0.2, -0.15) is 0 Å². The highest BCUT2D eigenvalue weighted by atomic mass is 16.5. The average molecular weight is 322 g/mol. The normalized spacial score (nSPS) is 15.8. The van der Waals surface area contributed by atoms with Crippen molar-refractivity contribution in [2.75, 3.05) is 26.2 Å². The highest BCUT2D eigenvalue weighted by molar-refractivity contribution is 5.93. The Kier molecular flexibility index (Phi) is 3.96. The van der Waals surface area contributed by atoms with Crippen LogP contribution in [0.3, 0.4) is 0 Å². The lowest BCUT2D eigenvalue weighted by Gasteiger charge is -2.34. The summed E-state index contributed by atoms with van der Waals surface area (Å²) < 4.78 is 5.36. The van der Waals surface area contributed by atoms with E-state index in [4.69, 9.17) is 4.52 Å². The monoisotopic (exact) mass is 322 g/mol. The van der Waals surface area contributed by atoms with Crippen molar-refractivity contribution < 1.29 is 9.32 Å². The lowest BCUT2D eigenvalue weighted by Crippen LogP contribution is -2.48. The Morgan fingerprint density at radius 2 is 1.92 bits per heavy atom. The molecular formula is C18H18N4O2. The summed E-state index contributed by atoms with van der Waals surface area (Å²) in [5, 5.41) is 5.25. The summed E-state index contributed by atoms with van der Waals surface area (Å²) in [5.41, 5.74) is 2.42. The number of benzene rings is 1. The quantitative estimate of drug-likeness (QED) is 0.739. The number of hydrogen-bond acceptors (Lipinski definition) is 5. The molecule has 1 fully saturated rings. The van der Waals surface area contributed by atoms with E-state index in [0.717, 1.165) is 36.3 Å². The summed E-state index contributed by atoms with van der Waals surface area (Å²) in [6.45, 7) is 3.82. The first-order valence-electron chi connectivity index (χ1n) is 8.06. The zero-order valence-corrected chi connectivity index (χ0v) is 13.3. The van der Waals surface area contributed by atoms with Crippen LogP contribution in [-0.2, 0) is 6.54 Å². The molecule has 3 aromatic rings. The van der Waals surface area contributed by atoms with Crippen LogP contribution in [0, 0.1) is 0 Å². The predicted molar refractivity (Wildman–Crippen MR) is 89.4 cm³/mol. The van der Waals surface area contributed by atoms with Gasteiger partial charge in [-0.25, -0.2) is 0 Å². The van der Waals surface area contributed by atoms with E-state index in [1.807, 2.05) is 35.2 Å². The van der Waals surface area contributed by atoms with Gasteiger partial charge in [0.25, 0.3) is 5.91 Å². The molecule has 0 saturated carbocycles. The lowest BCUT2D eigenvalue weighted by atomic mass is 10.2. The van der Waals surface area contributed by atoms with Crippen molar-refractivity contribution in [3.05, 3.63) is 60.0 Å². The molecule has 1 aliphatic rings. The Balaban J connectivity index is 1.39. The predicted octanol–water partition coefficient (Wildman–Crippen LogP) is 2.18. The SMILES string of the molecule is O=C(c1cccnc1)N1CCN(Cc2noc3ccccc23)CC1. The van der Waals surface area contributed by atoms with Crippen LogP contribution in [0.4, 0.5) is 0 Å². The average Bonchev–Trinajstić information content (AvgIpc) is 3.06. The number of nitrogens with zero attached hydrogens (tertiary/aromatic N) is 4. The zero-order chi connectivity index (χ0) is 16.4. The minimum absolute atomic E-state index is 0.0506. The van der Waals surface area contributed by atoms with Gasteiger partial charge in [0.05, 0.1) is 5.56 Å². The van der Waals surface area contributed by atoms with Crippen LogP contribution in [0.5, 0.6) is 0 Å². The van der Waals surface area contributed by atoms with Gasteiger partial charge in [-0.3, -0.25) is 14.7 Å². The van der Waals surface area contributed by atoms with Crippen molar-refractivity contribution in [3.63, 3.8) is 0 Å². The molecule has 4 rings (SSSR count). The minimum Gasteiger partial charge on any atom is -0.356 e. The van der Waals surface area contributed by atoms with Crippen LogP contribution < -0.4 is 0 Å². The number of aromatic nitrogens is 2. The van der Waals surface area contributed by atoms with Gasteiger partial charge in [-0.15, -0.1) is 0 Å². The van der Waals surface area contributed by atoms with E-state index >= 15 is 0 Å². The molecule has 6 nitrogen and oxygen atoms in total. The van der Waals surface area contributed by atoms with Crippen molar-refractivity contribution in [2.24, 2.45) is 0 Å². The molecule has 24 heavy (non-hydrogen) atoms. The molecule has 0 atom stereocenters. The summed E-state index contributed by atoms with van der Waals surface area (Å²) in [7, 11) is 0. The Hall–Kier alpha value is -2.73. The molecule has 122 valence electrons. The summed E-state index contributed by atoms with van der Waals surface area (Å²) in [5.74, 6) is 0.0506. The summed E-state index contributed by atoms with van der Waals surface area (Å²) in [4.78, 5) is 20.6. The maximum atomic E-state index is 12.4. The number of carbonyl (C=O) groups excluding carboxylic acids is 1. The lowest BCUT2D eigenvalue weighted by molar-refractivity contribution is 0.0625. The van der Waals surface area contributed by atoms with Crippen molar-refractivity contribution >= 4 is 16.9 Å². The molecular weight excluding hydrogens is 304 g/mol. The molecule has 0 spiro atoms. The van der Waals surface area contributed by atoms with Gasteiger partial charge < -0.3 is 9.42 Å². The highest BCUT2D eigenvalue weighted by Gasteiger charge is 2.23. The number of para-hydroxylation sites is 1. The van der Waals surface area contributed by atoms with Gasteiger partial charge in [0.15, 0.2) is 5.58 Å². The fraction of sp³-hybridized carbons (Fsp3) is 0.278. The second-order valence-electron chi connectivity index (χ2n) is 5.94. The van der Waals surface area contributed by atoms with E-state index in [1.54, 1.807) is 18.5 Å². The molecule has 1 aliphatic heterocycles. The molecule has 0 unspecified atom stereocenters. The van der Waals surface area contributed by atoms with Gasteiger partial charge >= 0.3 is 0 Å². The largest absolute Gasteiger partial charge is 0.356 e. The number of rotatable bonds is 3. The zero-order valence-electron chi connectivity index (χ0n) is 13.3. The van der Waals surface area contributed by atoms with Crippen LogP contribution in [0.25, 0.3) is 11.0 Å². The standard InChI is InChI=1S/C18H18N4O2/c23-18(14-4-3-7-19-12-14)22-10-8-21(9-11-22)13-16-15-5-1-2-6-17(15)24-20-16/h1-7,12H,8-11,13H2. The summed E-state index contributed by atoms with van der Waals surface area (Å²) >= 11 is 0. The van der Waals surface area contributed by atoms with E-state index in [9.17, 15) is 4.79 Å². The molecule has 1 amide bonds. The van der Waals surface area contributed by atoms with Gasteiger partial charge in [-0.05, 0) is 24.3 Å². The van der Waals surface area contributed by atoms with E-state index < -0.39 is 0 Å². The van der Waals surface area contributed by atoms with Crippen molar-refractivity contribution in [1.82, 2.24) is 19.9 Å². The van der Waals surface area contributed by atoms with Crippen LogP contribution >= 0.6 is 0 Å². The fourth-order valence-electron chi connectivity index (χ4n) is 3.04. The third-order valence-electron chi connectivity index (χ3n) is 4.39. The number of piperazine rings is 1. The number of hydrogen-bond donors (Lipinski definition) is 0. The molecule has 1 aromatic carbocycles. The van der Waals surface area contributed by atoms with Gasteiger partial charge in [0.1, 0.15) is 5.69 Å². The first-order chi connectivity index (χ1) is 11.8. The number of pyridine rings is 1. The number of carbonyl (C=O) groups is 1. The Bertz CT molecular complexity index is 838. The highest BCUT2D eigenvalue weighted by Crippen LogP contribution is 2.20. The summed E-state index contributed by atoms with van der Waals surface area (Å²) in [6, 6.07) is 11.5. The van der Waals surface area contributed by atoms with Crippen LogP contribution in [0.2, 0.25) is 0 Å². The van der Waals surface area contributed by atoms with Gasteiger partial charge in [0.2, 0.25) is 0 Å². The summed E-state index contributed by atoms with van der Waals surface area (Å²) in [6.07, 6.45) is 3.30. The molecule has 0 aliphatic carbocycles. The Labute approximate surface area is 139 Å². The van der Waals surface area contributed by atoms with E-state index in [-0.39, 0.29) is 5.91 Å². The first-order valence-corrected chi connectivity index (χ1v) is 8.06. The van der Waals surface area contributed by atoms with Crippen molar-refractivity contribution in [3.8, 4) is 0 Å². The van der Waals surface area contributed by atoms with Crippen LogP contribution in [-0.4, -0.2) is 52.0 Å². The molecule has 0 bridgehead atoms. The Morgan fingerprint density at radius 3 is 2.71 bits per heavy atom. The van der Waals surface area contributed by atoms with Crippen LogP contribution in [0.15, 0.2) is 53.3 Å². The van der Waals surface area contributed by atoms with Crippen molar-refractivity contribution in [1.29, 1.82) is 0 Å². The van der Waals surface area contributed by atoms with E-state index in [2.05, 4.69) is 15.0 Å². The smallest absolute Gasteiger partial charge is 0.255 e. The van der Waals surface area contributed by atoms with Crippen LogP contribution in [0.1, 0.15) is 16.1 Å². The maximum Gasteiger partial charge on any atom is 0.255 e. The molecule has 1 saturated heterocycles. The van der Waals surface area contributed by atoms with Gasteiger partial charge in [0, 0.05) is 50.5 Å². The second kappa shape index (κ2) is 6.41. The molecule has 6 heteroatoms. The molecule has 0 radical (unpaired) electrons. The Morgan fingerprint density at radius 1 is 1.08 bits per heavy atom. The molecule has 2 aromatic heterocycles. The van der Waals surface area contributed by atoms with E-state index in [1.165, 1.54) is 0 Å². The van der Waals surface area contributed by atoms with E-state index in [0.29, 0.717) is 18.7 Å². The fourth-order valence-corrected chi connectivity index (χ4v) is 3.04. The van der Waals surface area contributed by atoms with Gasteiger partial charge in [-0.1, -0.05) is 17.3 Å². The third-order valence-corrected chi connectivity index (χ3v) is 4.39. The molecule has 0 N–H and O–H groups in total. The minimum atomic E-state index is 0.0506. The maximum absolute atomic E-state index is 12.4. The number of amides is 1. The number of fused-ring (bicyclic) bond motifs is 1. The topological polar surface area (TPSA) is 62.5 Å². The first kappa shape index (κ1) is 14.8. The molecule has 3 heterocycles. The third kappa shape index (κ3) is 2.88. The second-order valence-corrected chi connectivity index (χ2v) is 5.94.